The van der Waals surface area contributed by atoms with Gasteiger partial charge in [-0.3, -0.25) is 0 Å². The van der Waals surface area contributed by atoms with Crippen LogP contribution in [0, 0.1) is 0 Å². The van der Waals surface area contributed by atoms with Gasteiger partial charge in [0.2, 0.25) is 0 Å². The third kappa shape index (κ3) is 2.40. The third-order valence-corrected chi connectivity index (χ3v) is 7.14. The number of aromatic carboxylic acids is 1. The quantitative estimate of drug-likeness (QED) is 0.895. The summed E-state index contributed by atoms with van der Waals surface area (Å²) in [6.07, 6.45) is 0. The van der Waals surface area contributed by atoms with Crippen LogP contribution in [0.5, 0.6) is 0 Å². The van der Waals surface area contributed by atoms with Crippen LogP contribution in [0.25, 0.3) is 0 Å². The Morgan fingerprint density at radius 2 is 2.33 bits per heavy atom. The van der Waals surface area contributed by atoms with Crippen molar-refractivity contribution in [1.29, 1.82) is 0 Å². The van der Waals surface area contributed by atoms with Crippen molar-refractivity contribution in [2.24, 2.45) is 0 Å². The summed E-state index contributed by atoms with van der Waals surface area (Å²) in [6.45, 7) is 2.23. The number of thiazole rings is 1. The first kappa shape index (κ1) is 13.8. The molecule has 2 heterocycles. The van der Waals surface area contributed by atoms with E-state index in [0.29, 0.717) is 6.54 Å². The third-order valence-electron chi connectivity index (χ3n) is 2.59. The molecule has 0 radical (unpaired) electrons. The first-order valence-corrected chi connectivity index (χ1v) is 8.68. The zero-order valence-corrected chi connectivity index (χ0v) is 12.0. The fourth-order valence-electron chi connectivity index (χ4n) is 1.74. The first-order valence-electron chi connectivity index (χ1n) is 5.21. The predicted molar refractivity (Wildman–Crippen MR) is 69.8 cm³/mol. The summed E-state index contributed by atoms with van der Waals surface area (Å²) >= 11 is 2.55. The minimum absolute atomic E-state index is 0.127. The molecule has 0 amide bonds. The van der Waals surface area contributed by atoms with Crippen LogP contribution in [0.3, 0.4) is 0 Å². The largest absolute Gasteiger partial charge is 0.476 e. The van der Waals surface area contributed by atoms with Crippen molar-refractivity contribution in [3.8, 4) is 0 Å². The highest BCUT2D eigenvalue weighted by molar-refractivity contribution is 7.99. The number of carboxylic acids is 1. The van der Waals surface area contributed by atoms with Crippen molar-refractivity contribution >= 4 is 39.1 Å². The van der Waals surface area contributed by atoms with Gasteiger partial charge >= 0.3 is 5.97 Å². The van der Waals surface area contributed by atoms with Crippen LogP contribution < -0.4 is 0 Å². The molecular weight excluding hydrogens is 296 g/mol. The van der Waals surface area contributed by atoms with E-state index in [0.717, 1.165) is 22.8 Å². The molecule has 9 heteroatoms. The van der Waals surface area contributed by atoms with Crippen LogP contribution >= 0.6 is 23.1 Å². The lowest BCUT2D eigenvalue weighted by Gasteiger charge is -2.31. The van der Waals surface area contributed by atoms with E-state index in [2.05, 4.69) is 4.98 Å². The van der Waals surface area contributed by atoms with E-state index in [1.807, 2.05) is 6.92 Å². The molecule has 1 atom stereocenters. The molecule has 1 aliphatic rings. The first-order chi connectivity index (χ1) is 8.44. The van der Waals surface area contributed by atoms with Gasteiger partial charge in [0, 0.05) is 24.1 Å². The molecule has 100 valence electrons. The van der Waals surface area contributed by atoms with Gasteiger partial charge in [0.05, 0.1) is 5.51 Å². The highest BCUT2D eigenvalue weighted by Gasteiger charge is 2.35. The Morgan fingerprint density at radius 3 is 2.94 bits per heavy atom. The Labute approximate surface area is 113 Å². The number of aromatic nitrogens is 1. The molecule has 1 aromatic heterocycles. The minimum Gasteiger partial charge on any atom is -0.476 e. The molecule has 18 heavy (non-hydrogen) atoms. The summed E-state index contributed by atoms with van der Waals surface area (Å²) in [7, 11) is -3.75. The van der Waals surface area contributed by atoms with E-state index in [-0.39, 0.29) is 15.9 Å². The summed E-state index contributed by atoms with van der Waals surface area (Å²) in [5, 5.41) is 8.94. The zero-order valence-electron chi connectivity index (χ0n) is 9.57. The lowest BCUT2D eigenvalue weighted by molar-refractivity contribution is 0.0687. The Bertz CT molecular complexity index is 554. The van der Waals surface area contributed by atoms with Crippen molar-refractivity contribution in [3.05, 3.63) is 11.2 Å². The van der Waals surface area contributed by atoms with Gasteiger partial charge in [-0.05, 0) is 6.92 Å². The standard InChI is InChI=1S/C9H12N2O4S3/c1-6-4-16-3-2-11(6)18(14,15)9-7(8(12)13)10-5-17-9/h5-6H,2-4H2,1H3,(H,12,13). The number of carbonyl (C=O) groups is 1. The van der Waals surface area contributed by atoms with Gasteiger partial charge in [-0.2, -0.15) is 16.1 Å². The van der Waals surface area contributed by atoms with E-state index < -0.39 is 16.0 Å². The summed E-state index contributed by atoms with van der Waals surface area (Å²) in [5.74, 6) is 0.138. The van der Waals surface area contributed by atoms with E-state index in [1.54, 1.807) is 11.8 Å². The molecule has 2 rings (SSSR count). The van der Waals surface area contributed by atoms with Crippen molar-refractivity contribution < 1.29 is 18.3 Å². The molecular formula is C9H12N2O4S3. The summed E-state index contributed by atoms with van der Waals surface area (Å²) in [6, 6.07) is -0.127. The molecule has 0 spiro atoms. The van der Waals surface area contributed by atoms with Crippen LogP contribution in [0.1, 0.15) is 17.4 Å². The predicted octanol–water partition coefficient (Wildman–Crippen LogP) is 0.967. The molecule has 1 aliphatic heterocycles. The second kappa shape index (κ2) is 5.16. The number of hydrogen-bond donors (Lipinski definition) is 1. The van der Waals surface area contributed by atoms with Gasteiger partial charge in [0.15, 0.2) is 9.90 Å². The van der Waals surface area contributed by atoms with Crippen LogP contribution in [-0.2, 0) is 10.0 Å². The molecule has 0 saturated carbocycles. The minimum atomic E-state index is -3.75. The maximum Gasteiger partial charge on any atom is 0.356 e. The smallest absolute Gasteiger partial charge is 0.356 e. The second-order valence-corrected chi connectivity index (χ2v) is 7.92. The van der Waals surface area contributed by atoms with Crippen molar-refractivity contribution in [3.63, 3.8) is 0 Å². The Balaban J connectivity index is 2.41. The fourth-order valence-corrected chi connectivity index (χ4v) is 5.85. The molecule has 0 aliphatic carbocycles. The average molecular weight is 308 g/mol. The lowest BCUT2D eigenvalue weighted by Crippen LogP contribution is -2.44. The fraction of sp³-hybridized carbons (Fsp3) is 0.556. The molecule has 0 aromatic carbocycles. The van der Waals surface area contributed by atoms with E-state index in [4.69, 9.17) is 5.11 Å². The van der Waals surface area contributed by atoms with Crippen molar-refractivity contribution in [1.82, 2.24) is 9.29 Å². The average Bonchev–Trinajstić information content (AvgIpc) is 2.78. The zero-order chi connectivity index (χ0) is 13.3. The van der Waals surface area contributed by atoms with E-state index >= 15 is 0 Å². The molecule has 1 aromatic rings. The topological polar surface area (TPSA) is 87.6 Å². The molecule has 1 fully saturated rings. The Kier molecular flexibility index (Phi) is 3.95. The number of hydrogen-bond acceptors (Lipinski definition) is 6. The van der Waals surface area contributed by atoms with Crippen LogP contribution in [0.2, 0.25) is 0 Å². The maximum absolute atomic E-state index is 12.4. The van der Waals surface area contributed by atoms with Gasteiger partial charge in [-0.15, -0.1) is 11.3 Å². The highest BCUT2D eigenvalue weighted by atomic mass is 32.2. The number of thioether (sulfide) groups is 1. The van der Waals surface area contributed by atoms with E-state index in [9.17, 15) is 13.2 Å². The Morgan fingerprint density at radius 1 is 1.61 bits per heavy atom. The molecule has 1 unspecified atom stereocenters. The number of rotatable bonds is 3. The second-order valence-electron chi connectivity index (χ2n) is 3.83. The van der Waals surface area contributed by atoms with Gasteiger partial charge in [0.1, 0.15) is 0 Å². The SMILES string of the molecule is CC1CSCCN1S(=O)(=O)c1scnc1C(=O)O. The summed E-state index contributed by atoms with van der Waals surface area (Å²) in [4.78, 5) is 14.6. The normalized spacial score (nSPS) is 21.9. The summed E-state index contributed by atoms with van der Waals surface area (Å²) in [5.41, 5.74) is 0.866. The monoisotopic (exact) mass is 308 g/mol. The molecule has 1 saturated heterocycles. The van der Waals surface area contributed by atoms with Gasteiger partial charge < -0.3 is 5.11 Å². The lowest BCUT2D eigenvalue weighted by atomic mass is 10.4. The van der Waals surface area contributed by atoms with E-state index in [1.165, 1.54) is 9.82 Å². The van der Waals surface area contributed by atoms with Gasteiger partial charge in [-0.25, -0.2) is 18.2 Å². The summed E-state index contributed by atoms with van der Waals surface area (Å²) < 4.78 is 26.0. The molecule has 1 N–H and O–H groups in total. The maximum atomic E-state index is 12.4. The molecule has 0 bridgehead atoms. The molecule has 6 nitrogen and oxygen atoms in total. The van der Waals surface area contributed by atoms with Gasteiger partial charge in [-0.1, -0.05) is 0 Å². The number of sulfonamides is 1. The Hall–Kier alpha value is -0.640. The van der Waals surface area contributed by atoms with Crippen molar-refractivity contribution in [2.45, 2.75) is 17.2 Å². The van der Waals surface area contributed by atoms with Crippen LogP contribution in [0.4, 0.5) is 0 Å². The number of nitrogens with zero attached hydrogens (tertiary/aromatic N) is 2. The van der Waals surface area contributed by atoms with Crippen LogP contribution in [-0.4, -0.2) is 52.9 Å². The van der Waals surface area contributed by atoms with Crippen molar-refractivity contribution in [2.75, 3.05) is 18.1 Å². The van der Waals surface area contributed by atoms with Gasteiger partial charge in [0.25, 0.3) is 10.0 Å². The number of carboxylic acid groups (broad SMARTS) is 1. The highest BCUT2D eigenvalue weighted by Crippen LogP contribution is 2.28. The van der Waals surface area contributed by atoms with Crippen LogP contribution in [0.15, 0.2) is 9.72 Å².